The first-order chi connectivity index (χ1) is 16.6. The zero-order valence-corrected chi connectivity index (χ0v) is 20.7. The van der Waals surface area contributed by atoms with Crippen molar-refractivity contribution in [3.63, 3.8) is 0 Å². The summed E-state index contributed by atoms with van der Waals surface area (Å²) in [5.74, 6) is 4.58. The van der Waals surface area contributed by atoms with E-state index in [0.717, 1.165) is 92.6 Å². The molecule has 0 unspecified atom stereocenters. The molecule has 2 aliphatic heterocycles. The van der Waals surface area contributed by atoms with Crippen molar-refractivity contribution < 1.29 is 9.53 Å². The molecule has 1 amide bonds. The van der Waals surface area contributed by atoms with Gasteiger partial charge in [-0.15, -0.1) is 0 Å². The Kier molecular flexibility index (Phi) is 7.02. The number of aromatic nitrogens is 2. The number of hydrogen-bond acceptors (Lipinski definition) is 5. The van der Waals surface area contributed by atoms with Crippen molar-refractivity contribution in [3.05, 3.63) is 47.3 Å². The Morgan fingerprint density at radius 2 is 1.88 bits per heavy atom. The number of carbonyl (C=O) groups excluding carboxylic acids is 1. The molecule has 0 bridgehead atoms. The van der Waals surface area contributed by atoms with Crippen LogP contribution in [0.1, 0.15) is 55.7 Å². The molecule has 6 heteroatoms. The zero-order chi connectivity index (χ0) is 23.5. The van der Waals surface area contributed by atoms with Crippen molar-refractivity contribution in [3.8, 4) is 5.75 Å². The third kappa shape index (κ3) is 5.37. The number of ether oxygens (including phenoxy) is 1. The molecule has 2 aromatic rings. The van der Waals surface area contributed by atoms with E-state index in [1.165, 1.54) is 24.8 Å². The van der Waals surface area contributed by atoms with Gasteiger partial charge in [0.25, 0.3) is 0 Å². The average molecular weight is 463 g/mol. The standard InChI is InChI=1S/C28H38N4O2/c1-3-21-18-29-28(30-19-21)32-12-7-22(8-13-32)26-16-24(26)9-14-34-25-6-5-23(20(2)15-25)17-27(33)31-10-4-11-31/h5-6,15,18-19,22,24,26H,3-4,7-14,16-17H2,1-2H3/t24-,26-/m1/s1. The fourth-order valence-electron chi connectivity index (χ4n) is 5.53. The number of piperidine rings is 1. The number of amides is 1. The Labute approximate surface area is 203 Å². The first-order valence-electron chi connectivity index (χ1n) is 13.2. The highest BCUT2D eigenvalue weighted by Crippen LogP contribution is 2.49. The van der Waals surface area contributed by atoms with Gasteiger partial charge in [-0.1, -0.05) is 13.0 Å². The van der Waals surface area contributed by atoms with Gasteiger partial charge >= 0.3 is 0 Å². The van der Waals surface area contributed by atoms with Crippen LogP contribution in [0.3, 0.4) is 0 Å². The van der Waals surface area contributed by atoms with Gasteiger partial charge in [0.1, 0.15) is 5.75 Å². The molecule has 6 nitrogen and oxygen atoms in total. The molecule has 1 aromatic carbocycles. The smallest absolute Gasteiger partial charge is 0.227 e. The summed E-state index contributed by atoms with van der Waals surface area (Å²) in [7, 11) is 0. The number of carbonyl (C=O) groups is 1. The molecule has 3 heterocycles. The van der Waals surface area contributed by atoms with Crippen LogP contribution >= 0.6 is 0 Å². The van der Waals surface area contributed by atoms with Crippen LogP contribution < -0.4 is 9.64 Å². The molecule has 2 saturated heterocycles. The van der Waals surface area contributed by atoms with Crippen LogP contribution in [-0.4, -0.2) is 53.6 Å². The molecule has 0 spiro atoms. The summed E-state index contributed by atoms with van der Waals surface area (Å²) < 4.78 is 6.09. The highest BCUT2D eigenvalue weighted by atomic mass is 16.5. The summed E-state index contributed by atoms with van der Waals surface area (Å²) in [4.78, 5) is 25.7. The minimum Gasteiger partial charge on any atom is -0.494 e. The van der Waals surface area contributed by atoms with Gasteiger partial charge in [0.15, 0.2) is 0 Å². The van der Waals surface area contributed by atoms with Crippen LogP contribution in [0.25, 0.3) is 0 Å². The third-order valence-corrected chi connectivity index (χ3v) is 8.13. The zero-order valence-electron chi connectivity index (χ0n) is 20.7. The van der Waals surface area contributed by atoms with Crippen LogP contribution in [0.4, 0.5) is 5.95 Å². The van der Waals surface area contributed by atoms with Crippen molar-refractivity contribution in [1.82, 2.24) is 14.9 Å². The van der Waals surface area contributed by atoms with Gasteiger partial charge in [-0.3, -0.25) is 4.79 Å². The Hall–Kier alpha value is -2.63. The lowest BCUT2D eigenvalue weighted by Crippen LogP contribution is -2.42. The lowest BCUT2D eigenvalue weighted by atomic mass is 9.90. The normalized spacial score (nSPS) is 22.4. The molecule has 34 heavy (non-hydrogen) atoms. The molecular formula is C28H38N4O2. The Balaban J connectivity index is 1.02. The fourth-order valence-corrected chi connectivity index (χ4v) is 5.53. The van der Waals surface area contributed by atoms with Gasteiger partial charge < -0.3 is 14.5 Å². The van der Waals surface area contributed by atoms with Gasteiger partial charge in [-0.2, -0.15) is 0 Å². The Morgan fingerprint density at radius 3 is 2.53 bits per heavy atom. The maximum atomic E-state index is 12.2. The minimum atomic E-state index is 0.246. The van der Waals surface area contributed by atoms with E-state index in [0.29, 0.717) is 6.42 Å². The van der Waals surface area contributed by atoms with Crippen LogP contribution in [0.2, 0.25) is 0 Å². The topological polar surface area (TPSA) is 58.6 Å². The summed E-state index contributed by atoms with van der Waals surface area (Å²) in [6, 6.07) is 6.18. The van der Waals surface area contributed by atoms with Crippen molar-refractivity contribution >= 4 is 11.9 Å². The summed E-state index contributed by atoms with van der Waals surface area (Å²) in [5, 5.41) is 0. The van der Waals surface area contributed by atoms with Crippen LogP contribution in [0.15, 0.2) is 30.6 Å². The highest BCUT2D eigenvalue weighted by molar-refractivity contribution is 5.79. The molecule has 1 aromatic heterocycles. The van der Waals surface area contributed by atoms with E-state index < -0.39 is 0 Å². The summed E-state index contributed by atoms with van der Waals surface area (Å²) >= 11 is 0. The molecule has 3 aliphatic rings. The second kappa shape index (κ2) is 10.3. The molecule has 182 valence electrons. The van der Waals surface area contributed by atoms with E-state index in [-0.39, 0.29) is 5.91 Å². The predicted octanol–water partition coefficient (Wildman–Crippen LogP) is 4.44. The van der Waals surface area contributed by atoms with Gasteiger partial charge in [0.2, 0.25) is 11.9 Å². The monoisotopic (exact) mass is 462 g/mol. The van der Waals surface area contributed by atoms with E-state index >= 15 is 0 Å². The number of likely N-dealkylation sites (tertiary alicyclic amines) is 1. The van der Waals surface area contributed by atoms with E-state index in [1.54, 1.807) is 0 Å². The van der Waals surface area contributed by atoms with Gasteiger partial charge in [-0.25, -0.2) is 9.97 Å². The third-order valence-electron chi connectivity index (χ3n) is 8.13. The number of rotatable bonds is 9. The number of benzene rings is 1. The number of aryl methyl sites for hydroxylation is 2. The number of hydrogen-bond donors (Lipinski definition) is 0. The molecule has 1 aliphatic carbocycles. The lowest BCUT2D eigenvalue weighted by Gasteiger charge is -2.32. The summed E-state index contributed by atoms with van der Waals surface area (Å²) in [5.41, 5.74) is 3.46. The predicted molar refractivity (Wildman–Crippen MR) is 134 cm³/mol. The first-order valence-corrected chi connectivity index (χ1v) is 13.2. The summed E-state index contributed by atoms with van der Waals surface area (Å²) in [6.45, 7) is 8.98. The van der Waals surface area contributed by atoms with E-state index in [4.69, 9.17) is 4.74 Å². The van der Waals surface area contributed by atoms with Crippen LogP contribution in [0, 0.1) is 24.7 Å². The Morgan fingerprint density at radius 1 is 1.12 bits per heavy atom. The fraction of sp³-hybridized carbons (Fsp3) is 0.607. The lowest BCUT2D eigenvalue weighted by molar-refractivity contribution is -0.133. The molecule has 2 atom stereocenters. The van der Waals surface area contributed by atoms with Crippen molar-refractivity contribution in [2.45, 2.75) is 58.8 Å². The van der Waals surface area contributed by atoms with Crippen LogP contribution in [-0.2, 0) is 17.6 Å². The maximum absolute atomic E-state index is 12.2. The number of nitrogens with zero attached hydrogens (tertiary/aromatic N) is 4. The largest absolute Gasteiger partial charge is 0.494 e. The summed E-state index contributed by atoms with van der Waals surface area (Å²) in [6.07, 6.45) is 11.6. The van der Waals surface area contributed by atoms with E-state index in [9.17, 15) is 4.79 Å². The molecule has 3 fully saturated rings. The van der Waals surface area contributed by atoms with Gasteiger partial charge in [0.05, 0.1) is 13.0 Å². The van der Waals surface area contributed by atoms with Crippen LogP contribution in [0.5, 0.6) is 5.75 Å². The Bertz CT molecular complexity index is 980. The highest BCUT2D eigenvalue weighted by Gasteiger charge is 2.43. The average Bonchev–Trinajstić information content (AvgIpc) is 3.59. The minimum absolute atomic E-state index is 0.246. The SMILES string of the molecule is CCc1cnc(N2CCC([C@H]3C[C@H]3CCOc3ccc(CC(=O)N4CCC4)c(C)c3)CC2)nc1. The molecular weight excluding hydrogens is 424 g/mol. The second-order valence-corrected chi connectivity index (χ2v) is 10.4. The second-order valence-electron chi connectivity index (χ2n) is 10.4. The molecule has 1 saturated carbocycles. The van der Waals surface area contributed by atoms with Gasteiger partial charge in [-0.05, 0) is 92.0 Å². The van der Waals surface area contributed by atoms with Crippen molar-refractivity contribution in [2.75, 3.05) is 37.7 Å². The number of anilines is 1. The van der Waals surface area contributed by atoms with E-state index in [1.807, 2.05) is 23.4 Å². The van der Waals surface area contributed by atoms with Crippen molar-refractivity contribution in [1.29, 1.82) is 0 Å². The molecule has 5 rings (SSSR count). The van der Waals surface area contributed by atoms with E-state index in [2.05, 4.69) is 40.8 Å². The molecule has 0 N–H and O–H groups in total. The van der Waals surface area contributed by atoms with Gasteiger partial charge in [0, 0.05) is 38.6 Å². The first kappa shape index (κ1) is 23.1. The van der Waals surface area contributed by atoms with Crippen molar-refractivity contribution in [2.24, 2.45) is 17.8 Å². The quantitative estimate of drug-likeness (QED) is 0.551. The maximum Gasteiger partial charge on any atom is 0.227 e. The molecule has 0 radical (unpaired) electrons.